The van der Waals surface area contributed by atoms with Crippen molar-refractivity contribution < 1.29 is 9.47 Å². The van der Waals surface area contributed by atoms with Gasteiger partial charge in [0.15, 0.2) is 11.5 Å². The van der Waals surface area contributed by atoms with Gasteiger partial charge in [0.05, 0.1) is 11.2 Å². The summed E-state index contributed by atoms with van der Waals surface area (Å²) in [5, 5.41) is 0. The highest BCUT2D eigenvalue weighted by Gasteiger charge is 2.26. The van der Waals surface area contributed by atoms with Crippen LogP contribution in [0.4, 0.5) is 0 Å². The Hall–Kier alpha value is -1.63. The topological polar surface area (TPSA) is 37.8 Å². The fraction of sp³-hybridized carbons (Fsp3) is 0.526. The quantitative estimate of drug-likeness (QED) is 0.792. The van der Waals surface area contributed by atoms with E-state index in [-0.39, 0.29) is 0 Å². The van der Waals surface area contributed by atoms with E-state index in [2.05, 4.69) is 40.9 Å². The number of aromatic nitrogens is 1. The minimum Gasteiger partial charge on any atom is -0.454 e. The van der Waals surface area contributed by atoms with E-state index in [0.29, 0.717) is 6.79 Å². The fourth-order valence-corrected chi connectivity index (χ4v) is 4.65. The lowest BCUT2D eigenvalue weighted by Gasteiger charge is -2.21. The van der Waals surface area contributed by atoms with E-state index in [1.54, 1.807) is 11.3 Å². The fourth-order valence-electron chi connectivity index (χ4n) is 3.79. The molecule has 0 saturated carbocycles. The number of hydrogen-bond donors (Lipinski definition) is 0. The molecule has 2 aliphatic heterocycles. The van der Waals surface area contributed by atoms with E-state index < -0.39 is 0 Å². The molecule has 134 valence electrons. The summed E-state index contributed by atoms with van der Waals surface area (Å²) < 4.78 is 11.1. The van der Waals surface area contributed by atoms with Crippen LogP contribution in [0.1, 0.15) is 22.6 Å². The Bertz CT molecular complexity index is 733. The second-order valence-corrected chi connectivity index (χ2v) is 8.04. The summed E-state index contributed by atoms with van der Waals surface area (Å²) in [6, 6.07) is 6.19. The summed E-state index contributed by atoms with van der Waals surface area (Å²) in [5.74, 6) is 2.55. The molecule has 0 radical (unpaired) electrons. The molecule has 2 aromatic rings. The van der Waals surface area contributed by atoms with Crippen molar-refractivity contribution >= 4 is 11.3 Å². The maximum absolute atomic E-state index is 5.64. The van der Waals surface area contributed by atoms with Crippen molar-refractivity contribution in [3.63, 3.8) is 0 Å². The zero-order chi connectivity index (χ0) is 17.2. The van der Waals surface area contributed by atoms with Crippen LogP contribution in [-0.2, 0) is 13.1 Å². The maximum Gasteiger partial charge on any atom is 0.231 e. The second-order valence-electron chi connectivity index (χ2n) is 7.10. The number of hydrogen-bond acceptors (Lipinski definition) is 6. The van der Waals surface area contributed by atoms with Crippen molar-refractivity contribution in [3.05, 3.63) is 39.8 Å². The highest BCUT2D eigenvalue weighted by Crippen LogP contribution is 2.36. The van der Waals surface area contributed by atoms with Crippen molar-refractivity contribution in [1.29, 1.82) is 0 Å². The van der Waals surface area contributed by atoms with Gasteiger partial charge in [0, 0.05) is 36.6 Å². The minimum absolute atomic E-state index is 0.344. The smallest absolute Gasteiger partial charge is 0.231 e. The van der Waals surface area contributed by atoms with Crippen LogP contribution >= 0.6 is 11.3 Å². The highest BCUT2D eigenvalue weighted by atomic mass is 32.1. The van der Waals surface area contributed by atoms with E-state index in [4.69, 9.17) is 9.47 Å². The van der Waals surface area contributed by atoms with Gasteiger partial charge in [0.1, 0.15) is 0 Å². The number of thiazole rings is 1. The number of nitrogens with zero attached hydrogens (tertiary/aromatic N) is 3. The van der Waals surface area contributed by atoms with Gasteiger partial charge in [-0.2, -0.15) is 0 Å². The van der Waals surface area contributed by atoms with Gasteiger partial charge >= 0.3 is 0 Å². The van der Waals surface area contributed by atoms with Crippen LogP contribution in [0.15, 0.2) is 23.7 Å². The molecule has 3 heterocycles. The molecule has 0 amide bonds. The predicted molar refractivity (Wildman–Crippen MR) is 99.1 cm³/mol. The third kappa shape index (κ3) is 3.81. The Labute approximate surface area is 153 Å². The molecule has 0 N–H and O–H groups in total. The van der Waals surface area contributed by atoms with Crippen LogP contribution in [-0.4, -0.2) is 48.3 Å². The van der Waals surface area contributed by atoms with Gasteiger partial charge in [-0.25, -0.2) is 4.98 Å². The Morgan fingerprint density at radius 3 is 3.12 bits per heavy atom. The number of benzene rings is 1. The van der Waals surface area contributed by atoms with Gasteiger partial charge in [-0.15, -0.1) is 11.3 Å². The lowest BCUT2D eigenvalue weighted by Crippen LogP contribution is -2.28. The molecule has 2 aliphatic rings. The first-order valence-electron chi connectivity index (χ1n) is 8.86. The first-order valence-corrected chi connectivity index (χ1v) is 9.74. The van der Waals surface area contributed by atoms with E-state index in [1.165, 1.54) is 22.6 Å². The molecule has 0 spiro atoms. The lowest BCUT2D eigenvalue weighted by atomic mass is 10.1. The van der Waals surface area contributed by atoms with Gasteiger partial charge in [0.2, 0.25) is 6.79 Å². The molecular weight excluding hydrogens is 334 g/mol. The van der Waals surface area contributed by atoms with E-state index in [9.17, 15) is 0 Å². The number of ether oxygens (including phenoxy) is 2. The molecule has 1 aromatic carbocycles. The van der Waals surface area contributed by atoms with E-state index >= 15 is 0 Å². The molecule has 1 saturated heterocycles. The maximum atomic E-state index is 5.64. The molecule has 1 aromatic heterocycles. The summed E-state index contributed by atoms with van der Waals surface area (Å²) in [5.41, 5.74) is 4.36. The average Bonchev–Trinajstić information content (AvgIpc) is 3.31. The highest BCUT2D eigenvalue weighted by molar-refractivity contribution is 7.09. The van der Waals surface area contributed by atoms with Crippen LogP contribution < -0.4 is 9.47 Å². The first kappa shape index (κ1) is 16.8. The van der Waals surface area contributed by atoms with Crippen LogP contribution in [0.5, 0.6) is 11.5 Å². The second kappa shape index (κ2) is 7.32. The van der Waals surface area contributed by atoms with Crippen molar-refractivity contribution in [2.75, 3.05) is 33.5 Å². The molecule has 4 rings (SSSR count). The molecule has 1 atom stereocenters. The van der Waals surface area contributed by atoms with Crippen molar-refractivity contribution in [3.8, 4) is 11.5 Å². The van der Waals surface area contributed by atoms with Gasteiger partial charge in [-0.3, -0.25) is 4.90 Å². The summed E-state index contributed by atoms with van der Waals surface area (Å²) in [6.45, 7) is 7.84. The zero-order valence-corrected chi connectivity index (χ0v) is 15.7. The van der Waals surface area contributed by atoms with Gasteiger partial charge in [0.25, 0.3) is 0 Å². The number of fused-ring (bicyclic) bond motifs is 1. The summed E-state index contributed by atoms with van der Waals surface area (Å²) >= 11 is 1.76. The first-order chi connectivity index (χ1) is 12.2. The summed E-state index contributed by atoms with van der Waals surface area (Å²) in [7, 11) is 2.22. The third-order valence-corrected chi connectivity index (χ3v) is 5.99. The SMILES string of the molecule is Cc1ncsc1CN(C)C[C@@H]1CCN(Cc2cccc3c2OCO3)C1. The van der Waals surface area contributed by atoms with E-state index in [0.717, 1.165) is 50.1 Å². The Morgan fingerprint density at radius 2 is 2.28 bits per heavy atom. The van der Waals surface area contributed by atoms with Crippen LogP contribution in [0.25, 0.3) is 0 Å². The van der Waals surface area contributed by atoms with Crippen molar-refractivity contribution in [1.82, 2.24) is 14.8 Å². The standard InChI is InChI=1S/C19H25N3O2S/c1-14-18(25-12-20-14)11-21(2)8-15-6-7-22(9-15)10-16-4-3-5-17-19(16)24-13-23-17/h3-5,12,15H,6-11,13H2,1-2H3/t15-/m0/s1. The molecule has 0 bridgehead atoms. The van der Waals surface area contributed by atoms with Crippen molar-refractivity contribution in [2.24, 2.45) is 5.92 Å². The van der Waals surface area contributed by atoms with E-state index in [1.807, 2.05) is 11.6 Å². The normalized spacial score (nSPS) is 19.9. The summed E-state index contributed by atoms with van der Waals surface area (Å²) in [6.07, 6.45) is 1.26. The number of rotatable bonds is 6. The Morgan fingerprint density at radius 1 is 1.36 bits per heavy atom. The van der Waals surface area contributed by atoms with Gasteiger partial charge in [-0.1, -0.05) is 12.1 Å². The van der Waals surface area contributed by atoms with Crippen LogP contribution in [0, 0.1) is 12.8 Å². The number of para-hydroxylation sites is 1. The van der Waals surface area contributed by atoms with Crippen LogP contribution in [0.3, 0.4) is 0 Å². The molecular formula is C19H25N3O2S. The molecule has 1 fully saturated rings. The Kier molecular flexibility index (Phi) is 4.92. The van der Waals surface area contributed by atoms with Gasteiger partial charge < -0.3 is 14.4 Å². The minimum atomic E-state index is 0.344. The molecule has 6 heteroatoms. The molecule has 5 nitrogen and oxygen atoms in total. The lowest BCUT2D eigenvalue weighted by molar-refractivity contribution is 0.172. The predicted octanol–water partition coefficient (Wildman–Crippen LogP) is 3.13. The summed E-state index contributed by atoms with van der Waals surface area (Å²) in [4.78, 5) is 10.7. The molecule has 25 heavy (non-hydrogen) atoms. The third-order valence-electron chi connectivity index (χ3n) is 5.07. The monoisotopic (exact) mass is 359 g/mol. The average molecular weight is 359 g/mol. The van der Waals surface area contributed by atoms with Crippen LogP contribution in [0.2, 0.25) is 0 Å². The van der Waals surface area contributed by atoms with Crippen molar-refractivity contribution in [2.45, 2.75) is 26.4 Å². The molecule has 0 unspecified atom stereocenters. The molecule has 0 aliphatic carbocycles. The largest absolute Gasteiger partial charge is 0.454 e. The van der Waals surface area contributed by atoms with Gasteiger partial charge in [-0.05, 0) is 38.9 Å². The zero-order valence-electron chi connectivity index (χ0n) is 14.9. The Balaban J connectivity index is 1.30. The number of likely N-dealkylation sites (tertiary alicyclic amines) is 1. The number of aryl methyl sites for hydroxylation is 1.